The fourth-order valence-corrected chi connectivity index (χ4v) is 4.90. The number of carbonyl (C=O) groups excluding carboxylic acids is 3. The summed E-state index contributed by atoms with van der Waals surface area (Å²) in [6, 6.07) is 11.9. The number of amides is 2. The Kier molecular flexibility index (Phi) is 10.9. The molecule has 2 atom stereocenters. The summed E-state index contributed by atoms with van der Waals surface area (Å²) in [5.74, 6) is 0.981. The highest BCUT2D eigenvalue weighted by molar-refractivity contribution is 8.00. The maximum Gasteiger partial charge on any atom is 0.257 e. The van der Waals surface area contributed by atoms with Crippen molar-refractivity contribution in [1.82, 2.24) is 20.8 Å². The number of carbonyl (C=O) groups is 3. The van der Waals surface area contributed by atoms with Crippen molar-refractivity contribution in [2.45, 2.75) is 70.9 Å². The lowest BCUT2D eigenvalue weighted by molar-refractivity contribution is -0.131. The van der Waals surface area contributed by atoms with Gasteiger partial charge in [-0.3, -0.25) is 14.4 Å². The van der Waals surface area contributed by atoms with Crippen LogP contribution in [0.3, 0.4) is 0 Å². The van der Waals surface area contributed by atoms with Crippen LogP contribution in [0.4, 0.5) is 0 Å². The van der Waals surface area contributed by atoms with Crippen LogP contribution >= 0.6 is 11.8 Å². The van der Waals surface area contributed by atoms with Gasteiger partial charge in [0.25, 0.3) is 5.89 Å². The molecule has 2 aromatic carbocycles. The summed E-state index contributed by atoms with van der Waals surface area (Å²) in [4.78, 5) is 44.1. The van der Waals surface area contributed by atoms with Crippen LogP contribution < -0.4 is 15.4 Å². The fraction of sp³-hybridized carbons (Fsp3) is 0.433. The van der Waals surface area contributed by atoms with E-state index in [1.165, 1.54) is 24.4 Å². The number of aromatic nitrogens is 2. The molecular weight excluding hydrogens is 528 g/mol. The van der Waals surface area contributed by atoms with Crippen LogP contribution in [0.25, 0.3) is 11.5 Å². The first-order chi connectivity index (χ1) is 19.0. The molecule has 214 valence electrons. The number of ketones is 1. The number of rotatable bonds is 13. The number of aryl methyl sites for hydroxylation is 1. The van der Waals surface area contributed by atoms with E-state index in [1.54, 1.807) is 32.0 Å². The van der Waals surface area contributed by atoms with Crippen LogP contribution in [-0.2, 0) is 20.8 Å². The third-order valence-corrected chi connectivity index (χ3v) is 7.48. The third-order valence-electron chi connectivity index (χ3n) is 6.44. The van der Waals surface area contributed by atoms with E-state index in [9.17, 15) is 14.4 Å². The quantitative estimate of drug-likeness (QED) is 0.285. The van der Waals surface area contributed by atoms with Gasteiger partial charge in [0.2, 0.25) is 11.8 Å². The maximum atomic E-state index is 13.1. The molecule has 0 saturated heterocycles. The average Bonchev–Trinajstić information content (AvgIpc) is 3.36. The summed E-state index contributed by atoms with van der Waals surface area (Å²) in [5.41, 5.74) is 2.51. The second-order valence-corrected chi connectivity index (χ2v) is 11.4. The van der Waals surface area contributed by atoms with Gasteiger partial charge < -0.3 is 19.9 Å². The lowest BCUT2D eigenvalue weighted by atomic mass is 10.0. The van der Waals surface area contributed by atoms with E-state index in [2.05, 4.69) is 46.8 Å². The van der Waals surface area contributed by atoms with Crippen molar-refractivity contribution in [3.63, 3.8) is 0 Å². The van der Waals surface area contributed by atoms with Gasteiger partial charge in [0.15, 0.2) is 11.6 Å². The smallest absolute Gasteiger partial charge is 0.257 e. The SMILES string of the molecule is COc1ccc(-c2nc(C)no2)cc1CC(=O)N[C@H](C(=O)N[C@@H](C)C(=O)CSc1ccc(C(C)C)cc1)C(C)C. The second kappa shape index (κ2) is 14.1. The van der Waals surface area contributed by atoms with Crippen molar-refractivity contribution >= 4 is 29.4 Å². The van der Waals surface area contributed by atoms with Crippen LogP contribution in [0, 0.1) is 12.8 Å². The Morgan fingerprint density at radius 2 is 1.70 bits per heavy atom. The standard InChI is InChI=1S/C30H38N4O5S/c1-17(2)21-8-11-24(12-9-21)40-16-25(35)19(5)31-29(37)28(18(3)4)33-27(36)15-23-14-22(10-13-26(23)38-7)30-32-20(6)34-39-30/h8-14,17-19,28H,15-16H2,1-7H3,(H,31,37)(H,33,36)/t19-,28-/m0/s1. The molecule has 0 bridgehead atoms. The summed E-state index contributed by atoms with van der Waals surface area (Å²) >= 11 is 1.44. The molecule has 0 fully saturated rings. The summed E-state index contributed by atoms with van der Waals surface area (Å²) < 4.78 is 10.7. The monoisotopic (exact) mass is 566 g/mol. The number of benzene rings is 2. The zero-order valence-corrected chi connectivity index (χ0v) is 24.9. The Bertz CT molecular complexity index is 1320. The van der Waals surface area contributed by atoms with E-state index in [0.29, 0.717) is 34.5 Å². The molecule has 0 aliphatic heterocycles. The molecule has 3 rings (SSSR count). The number of ether oxygens (including phenoxy) is 1. The predicted octanol–water partition coefficient (Wildman–Crippen LogP) is 4.73. The Morgan fingerprint density at radius 1 is 1.00 bits per heavy atom. The van der Waals surface area contributed by atoms with Crippen LogP contribution in [-0.4, -0.2) is 52.7 Å². The normalized spacial score (nSPS) is 12.7. The third kappa shape index (κ3) is 8.42. The van der Waals surface area contributed by atoms with E-state index < -0.39 is 18.0 Å². The predicted molar refractivity (Wildman–Crippen MR) is 155 cm³/mol. The molecule has 9 nitrogen and oxygen atoms in total. The van der Waals surface area contributed by atoms with Gasteiger partial charge in [-0.15, -0.1) is 11.8 Å². The zero-order chi connectivity index (χ0) is 29.4. The van der Waals surface area contributed by atoms with Crippen molar-refractivity contribution in [2.75, 3.05) is 12.9 Å². The average molecular weight is 567 g/mol. The second-order valence-electron chi connectivity index (χ2n) is 10.3. The summed E-state index contributed by atoms with van der Waals surface area (Å²) in [5, 5.41) is 9.41. The summed E-state index contributed by atoms with van der Waals surface area (Å²) in [6.07, 6.45) is -0.0264. The fourth-order valence-electron chi connectivity index (χ4n) is 4.01. The number of thioether (sulfide) groups is 1. The Labute approximate surface area is 239 Å². The van der Waals surface area contributed by atoms with Gasteiger partial charge in [0.1, 0.15) is 11.8 Å². The molecule has 0 aliphatic rings. The van der Waals surface area contributed by atoms with Gasteiger partial charge in [-0.1, -0.05) is 45.0 Å². The van der Waals surface area contributed by atoms with Gasteiger partial charge >= 0.3 is 0 Å². The van der Waals surface area contributed by atoms with Gasteiger partial charge in [-0.2, -0.15) is 4.98 Å². The minimum Gasteiger partial charge on any atom is -0.496 e. The Balaban J connectivity index is 1.59. The van der Waals surface area contributed by atoms with E-state index in [4.69, 9.17) is 9.26 Å². The first kappa shape index (κ1) is 30.9. The molecule has 3 aromatic rings. The van der Waals surface area contributed by atoms with E-state index >= 15 is 0 Å². The zero-order valence-electron chi connectivity index (χ0n) is 24.1. The van der Waals surface area contributed by atoms with Gasteiger partial charge in [0, 0.05) is 16.0 Å². The van der Waals surface area contributed by atoms with Crippen LogP contribution in [0.15, 0.2) is 51.9 Å². The molecule has 0 aliphatic carbocycles. The highest BCUT2D eigenvalue weighted by atomic mass is 32.2. The number of methoxy groups -OCH3 is 1. The van der Waals surface area contributed by atoms with Crippen LogP contribution in [0.1, 0.15) is 57.5 Å². The van der Waals surface area contributed by atoms with Crippen LogP contribution in [0.2, 0.25) is 0 Å². The molecule has 0 spiro atoms. The topological polar surface area (TPSA) is 123 Å². The first-order valence-corrected chi connectivity index (χ1v) is 14.3. The van der Waals surface area contributed by atoms with Crippen molar-refractivity contribution in [3.8, 4) is 17.2 Å². The van der Waals surface area contributed by atoms with Crippen molar-refractivity contribution in [2.24, 2.45) is 5.92 Å². The Morgan fingerprint density at radius 3 is 2.27 bits per heavy atom. The van der Waals surface area contributed by atoms with Crippen LogP contribution in [0.5, 0.6) is 5.75 Å². The number of hydrogen-bond donors (Lipinski definition) is 2. The van der Waals surface area contributed by atoms with Gasteiger partial charge in [-0.05, 0) is 61.6 Å². The van der Waals surface area contributed by atoms with E-state index in [1.807, 2.05) is 26.0 Å². The highest BCUT2D eigenvalue weighted by Gasteiger charge is 2.27. The molecule has 1 heterocycles. The number of hydrogen-bond acceptors (Lipinski definition) is 8. The number of Topliss-reactive ketones (excluding diaryl/α,β-unsaturated/α-hetero) is 1. The van der Waals surface area contributed by atoms with E-state index in [-0.39, 0.29) is 29.8 Å². The molecule has 40 heavy (non-hydrogen) atoms. The maximum absolute atomic E-state index is 13.1. The Hall–Kier alpha value is -3.66. The van der Waals surface area contributed by atoms with Gasteiger partial charge in [0.05, 0.1) is 25.3 Å². The van der Waals surface area contributed by atoms with Gasteiger partial charge in [-0.25, -0.2) is 0 Å². The lowest BCUT2D eigenvalue weighted by Gasteiger charge is -2.24. The van der Waals surface area contributed by atoms with E-state index in [0.717, 1.165) is 4.90 Å². The molecule has 0 saturated carbocycles. The molecule has 1 aromatic heterocycles. The van der Waals surface area contributed by atoms with Crippen molar-refractivity contribution in [1.29, 1.82) is 0 Å². The molecule has 10 heteroatoms. The van der Waals surface area contributed by atoms with Crippen molar-refractivity contribution < 1.29 is 23.6 Å². The minimum absolute atomic E-state index is 0.0264. The molecule has 0 radical (unpaired) electrons. The highest BCUT2D eigenvalue weighted by Crippen LogP contribution is 2.26. The first-order valence-electron chi connectivity index (χ1n) is 13.3. The molecule has 2 N–H and O–H groups in total. The molecule has 0 unspecified atom stereocenters. The number of nitrogens with zero attached hydrogens (tertiary/aromatic N) is 2. The summed E-state index contributed by atoms with van der Waals surface area (Å²) in [7, 11) is 1.52. The largest absolute Gasteiger partial charge is 0.496 e. The summed E-state index contributed by atoms with van der Waals surface area (Å²) in [6.45, 7) is 11.3. The molecule has 2 amide bonds. The number of nitrogens with one attached hydrogen (secondary N) is 2. The molecular formula is C30H38N4O5S. The van der Waals surface area contributed by atoms with Crippen molar-refractivity contribution in [3.05, 3.63) is 59.4 Å². The minimum atomic E-state index is -0.813. The lowest BCUT2D eigenvalue weighted by Crippen LogP contribution is -2.53.